The largest absolute Gasteiger partial charge is 0.492 e. The van der Waals surface area contributed by atoms with Crippen LogP contribution in [0.2, 0.25) is 0 Å². The molecule has 0 saturated heterocycles. The van der Waals surface area contributed by atoms with E-state index >= 15 is 0 Å². The molecule has 0 aliphatic carbocycles. The second-order valence-corrected chi connectivity index (χ2v) is 7.05. The summed E-state index contributed by atoms with van der Waals surface area (Å²) in [5.74, 6) is -0.111. The van der Waals surface area contributed by atoms with Crippen molar-refractivity contribution in [1.82, 2.24) is 0 Å². The molecule has 7 heteroatoms. The number of rotatable bonds is 8. The average Bonchev–Trinajstić information content (AvgIpc) is 2.55. The van der Waals surface area contributed by atoms with E-state index in [0.29, 0.717) is 17.0 Å². The Bertz CT molecular complexity index is 784. The first-order valence-electron chi connectivity index (χ1n) is 7.52. The molecule has 2 rings (SSSR count). The molecule has 0 bridgehead atoms. The van der Waals surface area contributed by atoms with Crippen molar-refractivity contribution >= 4 is 21.6 Å². The summed E-state index contributed by atoms with van der Waals surface area (Å²) in [6.45, 7) is 2.10. The number of hydrogen-bond acceptors (Lipinski definition) is 4. The number of amides is 1. The molecular formula is C17H20N2O4S. The number of aryl methyl sites for hydroxylation is 1. The quantitative estimate of drug-likeness (QED) is 0.764. The van der Waals surface area contributed by atoms with E-state index in [1.807, 2.05) is 24.3 Å². The lowest BCUT2D eigenvalue weighted by Gasteiger charge is -2.10. The van der Waals surface area contributed by atoms with Gasteiger partial charge in [0.05, 0.1) is 0 Å². The van der Waals surface area contributed by atoms with Crippen LogP contribution < -0.4 is 15.2 Å². The van der Waals surface area contributed by atoms with Crippen LogP contribution in [-0.4, -0.2) is 26.7 Å². The van der Waals surface area contributed by atoms with Gasteiger partial charge >= 0.3 is 0 Å². The minimum absolute atomic E-state index is 0.0418. The number of nitrogens with two attached hydrogens (primary N) is 1. The van der Waals surface area contributed by atoms with Crippen LogP contribution in [0, 0.1) is 0 Å². The van der Waals surface area contributed by atoms with Gasteiger partial charge in [0.15, 0.2) is 0 Å². The van der Waals surface area contributed by atoms with Crippen LogP contribution in [-0.2, 0) is 16.4 Å². The third-order valence-corrected chi connectivity index (χ3v) is 4.65. The zero-order valence-corrected chi connectivity index (χ0v) is 14.2. The molecule has 0 atom stereocenters. The average molecular weight is 348 g/mol. The molecule has 2 aromatic rings. The van der Waals surface area contributed by atoms with Gasteiger partial charge in [-0.1, -0.05) is 19.1 Å². The zero-order chi connectivity index (χ0) is 17.6. The Morgan fingerprint density at radius 2 is 1.71 bits per heavy atom. The Balaban J connectivity index is 1.87. The molecule has 0 heterocycles. The second-order valence-electron chi connectivity index (χ2n) is 5.21. The summed E-state index contributed by atoms with van der Waals surface area (Å²) in [4.78, 5) is 11.0. The Morgan fingerprint density at radius 1 is 1.08 bits per heavy atom. The van der Waals surface area contributed by atoms with Gasteiger partial charge in [0.1, 0.15) is 18.1 Å². The van der Waals surface area contributed by atoms with E-state index < -0.39 is 15.9 Å². The Hall–Kier alpha value is -2.54. The predicted molar refractivity (Wildman–Crippen MR) is 93.7 cm³/mol. The molecule has 1 amide bonds. The molecule has 3 N–H and O–H groups in total. The van der Waals surface area contributed by atoms with Crippen molar-refractivity contribution in [2.45, 2.75) is 13.3 Å². The van der Waals surface area contributed by atoms with Crippen molar-refractivity contribution < 1.29 is 17.9 Å². The first-order valence-corrected chi connectivity index (χ1v) is 9.17. The normalized spacial score (nSPS) is 11.0. The minimum atomic E-state index is -3.54. The highest BCUT2D eigenvalue weighted by atomic mass is 32.2. The van der Waals surface area contributed by atoms with Crippen LogP contribution in [0.15, 0.2) is 48.5 Å². The summed E-state index contributed by atoms with van der Waals surface area (Å²) in [5, 5.41) is 0. The standard InChI is InChI=1S/C17H20N2O4S/c1-2-13-3-9-16(10-4-13)23-11-12-24(21,22)19-15-7-5-14(6-8-15)17(18)20/h3-10,19H,2,11-12H2,1H3,(H2,18,20). The SMILES string of the molecule is CCc1ccc(OCCS(=O)(=O)Nc2ccc(C(N)=O)cc2)cc1. The summed E-state index contributed by atoms with van der Waals surface area (Å²) in [5.41, 5.74) is 7.01. The van der Waals surface area contributed by atoms with Gasteiger partial charge in [0.25, 0.3) is 0 Å². The van der Waals surface area contributed by atoms with E-state index in [-0.39, 0.29) is 12.4 Å². The van der Waals surface area contributed by atoms with Crippen molar-refractivity contribution in [3.05, 3.63) is 59.7 Å². The van der Waals surface area contributed by atoms with E-state index in [0.717, 1.165) is 6.42 Å². The predicted octanol–water partition coefficient (Wildman–Crippen LogP) is 2.17. The maximum atomic E-state index is 12.0. The Morgan fingerprint density at radius 3 is 2.25 bits per heavy atom. The lowest BCUT2D eigenvalue weighted by Crippen LogP contribution is -2.21. The molecule has 0 fully saturated rings. The van der Waals surface area contributed by atoms with Gasteiger partial charge in [-0.3, -0.25) is 9.52 Å². The number of benzene rings is 2. The summed E-state index contributed by atoms with van der Waals surface area (Å²) in [6.07, 6.45) is 0.938. The summed E-state index contributed by atoms with van der Waals surface area (Å²) in [7, 11) is -3.54. The second kappa shape index (κ2) is 7.83. The smallest absolute Gasteiger partial charge is 0.248 e. The molecule has 24 heavy (non-hydrogen) atoms. The first-order chi connectivity index (χ1) is 11.4. The van der Waals surface area contributed by atoms with Gasteiger partial charge in [-0.15, -0.1) is 0 Å². The lowest BCUT2D eigenvalue weighted by atomic mass is 10.2. The molecule has 6 nitrogen and oxygen atoms in total. The fourth-order valence-electron chi connectivity index (χ4n) is 2.02. The number of carbonyl (C=O) groups is 1. The van der Waals surface area contributed by atoms with E-state index in [9.17, 15) is 13.2 Å². The van der Waals surface area contributed by atoms with Gasteiger partial charge in [-0.2, -0.15) is 0 Å². The van der Waals surface area contributed by atoms with Gasteiger partial charge in [0, 0.05) is 11.3 Å². The molecule has 2 aromatic carbocycles. The number of anilines is 1. The molecule has 0 spiro atoms. The maximum absolute atomic E-state index is 12.0. The molecule has 0 saturated carbocycles. The number of primary amides is 1. The van der Waals surface area contributed by atoms with E-state index in [1.165, 1.54) is 29.8 Å². The van der Waals surface area contributed by atoms with Gasteiger partial charge < -0.3 is 10.5 Å². The lowest BCUT2D eigenvalue weighted by molar-refractivity contribution is 0.100. The van der Waals surface area contributed by atoms with Crippen LogP contribution in [0.1, 0.15) is 22.8 Å². The van der Waals surface area contributed by atoms with Crippen LogP contribution in [0.4, 0.5) is 5.69 Å². The molecular weight excluding hydrogens is 328 g/mol. The van der Waals surface area contributed by atoms with Crippen LogP contribution in [0.5, 0.6) is 5.75 Å². The third-order valence-electron chi connectivity index (χ3n) is 3.40. The van der Waals surface area contributed by atoms with Crippen molar-refractivity contribution in [3.63, 3.8) is 0 Å². The highest BCUT2D eigenvalue weighted by molar-refractivity contribution is 7.92. The van der Waals surface area contributed by atoms with Crippen molar-refractivity contribution in [2.24, 2.45) is 5.73 Å². The number of nitrogens with one attached hydrogen (secondary N) is 1. The van der Waals surface area contributed by atoms with Crippen molar-refractivity contribution in [2.75, 3.05) is 17.1 Å². The first kappa shape index (κ1) is 17.8. The number of ether oxygens (including phenoxy) is 1. The Labute approximate surface area is 141 Å². The van der Waals surface area contributed by atoms with E-state index in [2.05, 4.69) is 11.6 Å². The van der Waals surface area contributed by atoms with E-state index in [4.69, 9.17) is 10.5 Å². The maximum Gasteiger partial charge on any atom is 0.248 e. The third kappa shape index (κ3) is 5.27. The molecule has 0 aliphatic heterocycles. The van der Waals surface area contributed by atoms with Crippen LogP contribution in [0.3, 0.4) is 0 Å². The van der Waals surface area contributed by atoms with Crippen molar-refractivity contribution in [3.8, 4) is 5.75 Å². The van der Waals surface area contributed by atoms with Gasteiger partial charge in [-0.05, 0) is 48.4 Å². The zero-order valence-electron chi connectivity index (χ0n) is 13.4. The number of hydrogen-bond donors (Lipinski definition) is 2. The van der Waals surface area contributed by atoms with E-state index in [1.54, 1.807) is 0 Å². The molecule has 128 valence electrons. The molecule has 0 aromatic heterocycles. The molecule has 0 radical (unpaired) electrons. The number of sulfonamides is 1. The summed E-state index contributed by atoms with van der Waals surface area (Å²) in [6, 6.07) is 13.4. The van der Waals surface area contributed by atoms with Crippen LogP contribution >= 0.6 is 0 Å². The van der Waals surface area contributed by atoms with Gasteiger partial charge in [-0.25, -0.2) is 8.42 Å². The monoisotopic (exact) mass is 348 g/mol. The Kier molecular flexibility index (Phi) is 5.81. The molecule has 0 aliphatic rings. The summed E-state index contributed by atoms with van der Waals surface area (Å²) < 4.78 is 31.9. The topological polar surface area (TPSA) is 98.5 Å². The highest BCUT2D eigenvalue weighted by Crippen LogP contribution is 2.14. The van der Waals surface area contributed by atoms with Crippen LogP contribution in [0.25, 0.3) is 0 Å². The molecule has 0 unspecified atom stereocenters. The minimum Gasteiger partial charge on any atom is -0.492 e. The fourth-order valence-corrected chi connectivity index (χ4v) is 2.92. The highest BCUT2D eigenvalue weighted by Gasteiger charge is 2.11. The number of carbonyl (C=O) groups excluding carboxylic acids is 1. The van der Waals surface area contributed by atoms with Gasteiger partial charge in [0.2, 0.25) is 15.9 Å². The fraction of sp³-hybridized carbons (Fsp3) is 0.235. The summed E-state index contributed by atoms with van der Waals surface area (Å²) >= 11 is 0. The van der Waals surface area contributed by atoms with Crippen molar-refractivity contribution in [1.29, 1.82) is 0 Å².